The molecule has 0 amide bonds. The molecule has 2 aromatic rings. The van der Waals surface area contributed by atoms with Crippen molar-refractivity contribution in [2.24, 2.45) is 5.73 Å². The molecule has 0 saturated heterocycles. The van der Waals surface area contributed by atoms with Crippen molar-refractivity contribution in [2.75, 3.05) is 6.61 Å². The molecule has 0 aliphatic heterocycles. The van der Waals surface area contributed by atoms with Crippen molar-refractivity contribution < 1.29 is 4.74 Å². The van der Waals surface area contributed by atoms with E-state index in [0.29, 0.717) is 6.61 Å². The average Bonchev–Trinajstić information content (AvgIpc) is 2.86. The molecule has 0 unspecified atom stereocenters. The molecule has 2 heterocycles. The van der Waals surface area contributed by atoms with Crippen LogP contribution in [0.5, 0.6) is 5.88 Å². The molecule has 1 saturated carbocycles. The summed E-state index contributed by atoms with van der Waals surface area (Å²) < 4.78 is 7.11. The lowest BCUT2D eigenvalue weighted by Crippen LogP contribution is -2.47. The predicted octanol–water partition coefficient (Wildman–Crippen LogP) is 3.34. The molecule has 0 atom stereocenters. The summed E-state index contributed by atoms with van der Waals surface area (Å²) in [4.78, 5) is 4.32. The number of rotatable bonds is 3. The van der Waals surface area contributed by atoms with Crippen molar-refractivity contribution in [3.05, 3.63) is 23.7 Å². The second-order valence-corrected chi connectivity index (χ2v) is 6.11. The standard InChI is InChI=1S/C14H18N2OS/c15-14(6-2-1-3-7-14)10-17-13-11-5-9-18-12(11)4-8-16-13/h4-5,8-9H,1-3,6-7,10,15H2. The SMILES string of the molecule is NC1(COc2nccc3sccc23)CCCCC1. The van der Waals surface area contributed by atoms with Gasteiger partial charge in [-0.1, -0.05) is 19.3 Å². The first-order valence-electron chi connectivity index (χ1n) is 6.51. The number of fused-ring (bicyclic) bond motifs is 1. The molecular weight excluding hydrogens is 244 g/mol. The molecule has 0 radical (unpaired) electrons. The Morgan fingerprint density at radius 3 is 2.94 bits per heavy atom. The van der Waals surface area contributed by atoms with E-state index in [9.17, 15) is 0 Å². The van der Waals surface area contributed by atoms with Crippen molar-refractivity contribution in [1.82, 2.24) is 4.98 Å². The monoisotopic (exact) mass is 262 g/mol. The molecule has 2 N–H and O–H groups in total. The van der Waals surface area contributed by atoms with E-state index in [-0.39, 0.29) is 5.54 Å². The lowest BCUT2D eigenvalue weighted by atomic mass is 9.83. The molecule has 1 aliphatic rings. The fraction of sp³-hybridized carbons (Fsp3) is 0.500. The summed E-state index contributed by atoms with van der Waals surface area (Å²) in [6.07, 6.45) is 7.67. The van der Waals surface area contributed by atoms with Crippen LogP contribution in [0, 0.1) is 0 Å². The van der Waals surface area contributed by atoms with Crippen LogP contribution >= 0.6 is 11.3 Å². The van der Waals surface area contributed by atoms with Gasteiger partial charge in [0.2, 0.25) is 5.88 Å². The second kappa shape index (κ2) is 4.86. The van der Waals surface area contributed by atoms with Crippen molar-refractivity contribution >= 4 is 21.4 Å². The Labute approximate surface area is 111 Å². The van der Waals surface area contributed by atoms with Crippen LogP contribution in [0.2, 0.25) is 0 Å². The summed E-state index contributed by atoms with van der Waals surface area (Å²) in [6, 6.07) is 4.08. The van der Waals surface area contributed by atoms with Crippen LogP contribution < -0.4 is 10.5 Å². The van der Waals surface area contributed by atoms with Gasteiger partial charge in [0, 0.05) is 10.9 Å². The first-order valence-corrected chi connectivity index (χ1v) is 7.39. The zero-order valence-corrected chi connectivity index (χ0v) is 11.2. The quantitative estimate of drug-likeness (QED) is 0.923. The number of aromatic nitrogens is 1. The lowest BCUT2D eigenvalue weighted by Gasteiger charge is -2.32. The van der Waals surface area contributed by atoms with Gasteiger partial charge >= 0.3 is 0 Å². The molecule has 4 heteroatoms. The van der Waals surface area contributed by atoms with E-state index in [0.717, 1.165) is 24.1 Å². The highest BCUT2D eigenvalue weighted by atomic mass is 32.1. The van der Waals surface area contributed by atoms with Gasteiger partial charge in [-0.15, -0.1) is 11.3 Å². The van der Waals surface area contributed by atoms with Gasteiger partial charge in [0.15, 0.2) is 0 Å². The van der Waals surface area contributed by atoms with E-state index in [4.69, 9.17) is 10.5 Å². The van der Waals surface area contributed by atoms with Crippen LogP contribution in [0.1, 0.15) is 32.1 Å². The minimum Gasteiger partial charge on any atom is -0.475 e. The minimum atomic E-state index is -0.155. The first-order chi connectivity index (χ1) is 8.77. The Morgan fingerprint density at radius 1 is 1.28 bits per heavy atom. The molecule has 1 aliphatic carbocycles. The maximum Gasteiger partial charge on any atom is 0.222 e. The van der Waals surface area contributed by atoms with Crippen molar-refractivity contribution in [1.29, 1.82) is 0 Å². The van der Waals surface area contributed by atoms with Gasteiger partial charge < -0.3 is 10.5 Å². The Morgan fingerprint density at radius 2 is 2.11 bits per heavy atom. The van der Waals surface area contributed by atoms with Gasteiger partial charge in [-0.25, -0.2) is 4.98 Å². The third kappa shape index (κ3) is 2.35. The van der Waals surface area contributed by atoms with Gasteiger partial charge in [0.05, 0.1) is 10.9 Å². The fourth-order valence-corrected chi connectivity index (χ4v) is 3.37. The Hall–Kier alpha value is -1.13. The average molecular weight is 262 g/mol. The van der Waals surface area contributed by atoms with E-state index >= 15 is 0 Å². The van der Waals surface area contributed by atoms with Gasteiger partial charge in [-0.05, 0) is 30.4 Å². The smallest absolute Gasteiger partial charge is 0.222 e. The number of nitrogens with zero attached hydrogens (tertiary/aromatic N) is 1. The van der Waals surface area contributed by atoms with Crippen LogP contribution in [0.15, 0.2) is 23.7 Å². The van der Waals surface area contributed by atoms with Crippen molar-refractivity contribution in [2.45, 2.75) is 37.6 Å². The highest BCUT2D eigenvalue weighted by Gasteiger charge is 2.28. The van der Waals surface area contributed by atoms with E-state index in [1.165, 1.54) is 24.0 Å². The fourth-order valence-electron chi connectivity index (χ4n) is 2.60. The highest BCUT2D eigenvalue weighted by Crippen LogP contribution is 2.30. The third-order valence-corrected chi connectivity index (χ3v) is 4.57. The maximum absolute atomic E-state index is 6.38. The summed E-state index contributed by atoms with van der Waals surface area (Å²) >= 11 is 1.71. The predicted molar refractivity (Wildman–Crippen MR) is 75.1 cm³/mol. The summed E-state index contributed by atoms with van der Waals surface area (Å²) in [5.41, 5.74) is 6.22. The number of hydrogen-bond acceptors (Lipinski definition) is 4. The Kier molecular flexibility index (Phi) is 3.22. The number of nitrogens with two attached hydrogens (primary N) is 1. The lowest BCUT2D eigenvalue weighted by molar-refractivity contribution is 0.171. The zero-order chi connectivity index (χ0) is 12.4. The first kappa shape index (κ1) is 11.9. The second-order valence-electron chi connectivity index (χ2n) is 5.16. The van der Waals surface area contributed by atoms with E-state index in [1.807, 2.05) is 6.07 Å². The summed E-state index contributed by atoms with van der Waals surface area (Å²) in [5.74, 6) is 0.726. The van der Waals surface area contributed by atoms with Crippen LogP contribution in [0.4, 0.5) is 0 Å². The topological polar surface area (TPSA) is 48.1 Å². The molecule has 18 heavy (non-hydrogen) atoms. The Balaban J connectivity index is 1.74. The summed E-state index contributed by atoms with van der Waals surface area (Å²) in [7, 11) is 0. The van der Waals surface area contributed by atoms with Crippen molar-refractivity contribution in [3.63, 3.8) is 0 Å². The van der Waals surface area contributed by atoms with Gasteiger partial charge in [0.1, 0.15) is 6.61 Å². The zero-order valence-electron chi connectivity index (χ0n) is 10.4. The molecule has 0 bridgehead atoms. The largest absolute Gasteiger partial charge is 0.475 e. The van der Waals surface area contributed by atoms with Crippen LogP contribution in [0.3, 0.4) is 0 Å². The number of hydrogen-bond donors (Lipinski definition) is 1. The molecule has 3 nitrogen and oxygen atoms in total. The molecule has 96 valence electrons. The maximum atomic E-state index is 6.38. The molecule has 0 aromatic carbocycles. The van der Waals surface area contributed by atoms with Crippen LogP contribution in [-0.4, -0.2) is 17.1 Å². The Bertz CT molecular complexity index is 531. The molecular formula is C14H18N2OS. The third-order valence-electron chi connectivity index (χ3n) is 3.69. The van der Waals surface area contributed by atoms with E-state index < -0.39 is 0 Å². The number of thiophene rings is 1. The summed E-state index contributed by atoms with van der Waals surface area (Å²) in [5, 5.41) is 3.17. The van der Waals surface area contributed by atoms with E-state index in [2.05, 4.69) is 16.4 Å². The highest BCUT2D eigenvalue weighted by molar-refractivity contribution is 7.17. The van der Waals surface area contributed by atoms with Gasteiger partial charge in [-0.3, -0.25) is 0 Å². The van der Waals surface area contributed by atoms with Crippen molar-refractivity contribution in [3.8, 4) is 5.88 Å². The molecule has 0 spiro atoms. The van der Waals surface area contributed by atoms with E-state index in [1.54, 1.807) is 17.5 Å². The minimum absolute atomic E-state index is 0.155. The number of ether oxygens (including phenoxy) is 1. The van der Waals surface area contributed by atoms with Crippen LogP contribution in [0.25, 0.3) is 10.1 Å². The van der Waals surface area contributed by atoms with Gasteiger partial charge in [0.25, 0.3) is 0 Å². The molecule has 3 rings (SSSR count). The normalized spacial score (nSPS) is 18.9. The molecule has 1 fully saturated rings. The number of pyridine rings is 1. The van der Waals surface area contributed by atoms with Crippen LogP contribution in [-0.2, 0) is 0 Å². The summed E-state index contributed by atoms with van der Waals surface area (Å²) in [6.45, 7) is 0.578. The molecule has 2 aromatic heterocycles. The van der Waals surface area contributed by atoms with Gasteiger partial charge in [-0.2, -0.15) is 0 Å².